The summed E-state index contributed by atoms with van der Waals surface area (Å²) in [4.78, 5) is 0. The molecule has 0 aromatic rings. The second kappa shape index (κ2) is 20.3. The summed E-state index contributed by atoms with van der Waals surface area (Å²) in [5.41, 5.74) is 0. The van der Waals surface area contributed by atoms with Gasteiger partial charge in [-0.25, -0.2) is 0 Å². The normalized spacial score (nSPS) is 0. The Balaban J connectivity index is 0. The van der Waals surface area contributed by atoms with Gasteiger partial charge in [-0.15, -0.1) is 0 Å². The van der Waals surface area contributed by atoms with Crippen LogP contribution in [-0.4, -0.2) is 8.41 Å². The predicted molar refractivity (Wildman–Crippen MR) is 9.94 cm³/mol. The SMILES string of the molecule is B.[Cr].[Pt].[Re]. The molecule has 4 heavy (non-hydrogen) atoms. The van der Waals surface area contributed by atoms with Gasteiger partial charge >= 0.3 is 0 Å². The molecular weight excluding hydrogens is 444 g/mol. The van der Waals surface area contributed by atoms with Crippen molar-refractivity contribution in [2.24, 2.45) is 0 Å². The van der Waals surface area contributed by atoms with Crippen molar-refractivity contribution in [3.8, 4) is 0 Å². The Morgan fingerprint density at radius 2 is 1.00 bits per heavy atom. The van der Waals surface area contributed by atoms with Crippen molar-refractivity contribution < 1.29 is 58.8 Å². The van der Waals surface area contributed by atoms with Gasteiger partial charge in [0.05, 0.1) is 8.41 Å². The van der Waals surface area contributed by atoms with Crippen LogP contribution in [0.1, 0.15) is 0 Å². The van der Waals surface area contributed by atoms with Gasteiger partial charge in [0.2, 0.25) is 0 Å². The Bertz CT molecular complexity index is 8.00. The van der Waals surface area contributed by atoms with E-state index in [-0.39, 0.29) is 67.3 Å². The topological polar surface area (TPSA) is 0 Å². The molecule has 0 aromatic heterocycles. The van der Waals surface area contributed by atoms with Crippen LogP contribution in [0, 0.1) is 0 Å². The molecular formula is H3BCrPtRe. The molecule has 4 heteroatoms. The van der Waals surface area contributed by atoms with Crippen molar-refractivity contribution in [3.63, 3.8) is 0 Å². The second-order valence-electron chi connectivity index (χ2n) is 0. The van der Waals surface area contributed by atoms with Gasteiger partial charge in [0.1, 0.15) is 0 Å². The van der Waals surface area contributed by atoms with Gasteiger partial charge in [-0.3, -0.25) is 0 Å². The third-order valence-corrected chi connectivity index (χ3v) is 0. The fourth-order valence-electron chi connectivity index (χ4n) is 0. The monoisotopic (exact) mass is 448 g/mol. The molecule has 0 N–H and O–H groups in total. The van der Waals surface area contributed by atoms with Crippen molar-refractivity contribution in [3.05, 3.63) is 0 Å². The van der Waals surface area contributed by atoms with Gasteiger partial charge in [0, 0.05) is 58.8 Å². The van der Waals surface area contributed by atoms with Crippen LogP contribution in [0.4, 0.5) is 0 Å². The van der Waals surface area contributed by atoms with Gasteiger partial charge in [-0.05, 0) is 0 Å². The fraction of sp³-hybridized carbons (Fsp3) is 0. The van der Waals surface area contributed by atoms with Crippen LogP contribution in [0.3, 0.4) is 0 Å². The van der Waals surface area contributed by atoms with E-state index in [1.54, 1.807) is 0 Å². The average Bonchev–Trinajstić information content (AvgIpc) is 0. The van der Waals surface area contributed by atoms with E-state index < -0.39 is 0 Å². The zero-order chi connectivity index (χ0) is 0. The molecule has 0 bridgehead atoms. The summed E-state index contributed by atoms with van der Waals surface area (Å²) in [5.74, 6) is 0. The first-order valence-corrected chi connectivity index (χ1v) is 0. The molecule has 0 heterocycles. The third kappa shape index (κ3) is 9.04. The van der Waals surface area contributed by atoms with E-state index >= 15 is 0 Å². The Morgan fingerprint density at radius 1 is 1.00 bits per heavy atom. The first-order valence-electron chi connectivity index (χ1n) is 0. The molecule has 0 saturated carbocycles. The largest absolute Gasteiger partial charge is 0.0814 e. The summed E-state index contributed by atoms with van der Waals surface area (Å²) in [7, 11) is 0. The minimum atomic E-state index is 0. The molecule has 0 unspecified atom stereocenters. The van der Waals surface area contributed by atoms with Crippen molar-refractivity contribution >= 4 is 8.41 Å². The molecule has 0 saturated heterocycles. The molecule has 0 rings (SSSR count). The zero-order valence-electron chi connectivity index (χ0n) is 1.10. The van der Waals surface area contributed by atoms with Crippen LogP contribution in [0.25, 0.3) is 0 Å². The summed E-state index contributed by atoms with van der Waals surface area (Å²) < 4.78 is 0. The molecule has 0 atom stereocenters. The summed E-state index contributed by atoms with van der Waals surface area (Å²) in [6.45, 7) is 0. The molecule has 0 aliphatic heterocycles. The Hall–Kier alpha value is 1.95. The van der Waals surface area contributed by atoms with Crippen molar-refractivity contribution in [1.82, 2.24) is 0 Å². The van der Waals surface area contributed by atoms with Crippen LogP contribution < -0.4 is 0 Å². The third-order valence-electron chi connectivity index (χ3n) is 0. The van der Waals surface area contributed by atoms with Crippen molar-refractivity contribution in [1.29, 1.82) is 0 Å². The Kier molecular flexibility index (Phi) is 195. The second-order valence-corrected chi connectivity index (χ2v) is 0. The smallest absolute Gasteiger partial charge is 0 e. The van der Waals surface area contributed by atoms with E-state index in [4.69, 9.17) is 0 Å². The van der Waals surface area contributed by atoms with E-state index in [1.807, 2.05) is 0 Å². The standard InChI is InChI=1S/BH3.Cr.Pt.Re/h1H3;;;. The van der Waals surface area contributed by atoms with Crippen LogP contribution in [0.2, 0.25) is 0 Å². The Labute approximate surface area is 66.7 Å². The number of hydrogen-bond donors (Lipinski definition) is 0. The maximum atomic E-state index is 0. The van der Waals surface area contributed by atoms with Gasteiger partial charge in [0.15, 0.2) is 0 Å². The van der Waals surface area contributed by atoms with Crippen LogP contribution in [0.5, 0.6) is 0 Å². The predicted octanol–water partition coefficient (Wildman–Crippen LogP) is -1.19. The number of hydrogen-bond acceptors (Lipinski definition) is 0. The van der Waals surface area contributed by atoms with Crippen LogP contribution in [-0.2, 0) is 58.8 Å². The van der Waals surface area contributed by atoms with Gasteiger partial charge in [-0.2, -0.15) is 0 Å². The summed E-state index contributed by atoms with van der Waals surface area (Å²) >= 11 is 0. The summed E-state index contributed by atoms with van der Waals surface area (Å²) in [6.07, 6.45) is 0. The van der Waals surface area contributed by atoms with Crippen LogP contribution in [0.15, 0.2) is 0 Å². The van der Waals surface area contributed by atoms with E-state index in [9.17, 15) is 0 Å². The van der Waals surface area contributed by atoms with Gasteiger partial charge < -0.3 is 0 Å². The first-order chi connectivity index (χ1) is 0. The van der Waals surface area contributed by atoms with Crippen LogP contribution >= 0.6 is 0 Å². The zero-order valence-corrected chi connectivity index (χ0v) is 7.37. The van der Waals surface area contributed by atoms with Crippen molar-refractivity contribution in [2.75, 3.05) is 0 Å². The quantitative estimate of drug-likeness (QED) is 0.410. The van der Waals surface area contributed by atoms with E-state index in [0.717, 1.165) is 0 Å². The molecule has 0 spiro atoms. The average molecular weight is 447 g/mol. The molecule has 0 aromatic carbocycles. The van der Waals surface area contributed by atoms with Gasteiger partial charge in [0.25, 0.3) is 0 Å². The minimum absolute atomic E-state index is 0. The van der Waals surface area contributed by atoms with E-state index in [1.165, 1.54) is 0 Å². The first kappa shape index (κ1) is 38.4. The van der Waals surface area contributed by atoms with Crippen molar-refractivity contribution in [2.45, 2.75) is 0 Å². The van der Waals surface area contributed by atoms with Gasteiger partial charge in [-0.1, -0.05) is 0 Å². The maximum absolute atomic E-state index is 0. The summed E-state index contributed by atoms with van der Waals surface area (Å²) in [6, 6.07) is 0. The molecule has 0 amide bonds. The molecule has 0 fully saturated rings. The van der Waals surface area contributed by atoms with E-state index in [0.29, 0.717) is 0 Å². The molecule has 0 nitrogen and oxygen atoms in total. The fourth-order valence-corrected chi connectivity index (χ4v) is 0. The molecule has 0 aliphatic rings. The maximum Gasteiger partial charge on any atom is 0.0814 e. The molecule has 1 radical (unpaired) electrons. The summed E-state index contributed by atoms with van der Waals surface area (Å²) in [5, 5.41) is 0. The molecule has 0 aliphatic carbocycles. The Morgan fingerprint density at radius 3 is 1.00 bits per heavy atom. The molecule has 29 valence electrons. The number of rotatable bonds is 0. The van der Waals surface area contributed by atoms with E-state index in [2.05, 4.69) is 0 Å². The minimum Gasteiger partial charge on any atom is 0 e.